The SMILES string of the molecule is CCCCC(C)CCSC([S])CCC(C)CCC. The summed E-state index contributed by atoms with van der Waals surface area (Å²) in [5.74, 6) is 3.02. The summed E-state index contributed by atoms with van der Waals surface area (Å²) in [5, 5.41) is 0. The van der Waals surface area contributed by atoms with E-state index >= 15 is 0 Å². The lowest BCUT2D eigenvalue weighted by Gasteiger charge is -2.15. The second-order valence-electron chi connectivity index (χ2n) is 5.81. The van der Waals surface area contributed by atoms with Crippen molar-refractivity contribution in [3.63, 3.8) is 0 Å². The molecule has 0 nitrogen and oxygen atoms in total. The molecule has 1 radical (unpaired) electrons. The molecule has 3 unspecified atom stereocenters. The van der Waals surface area contributed by atoms with Crippen molar-refractivity contribution in [3.8, 4) is 0 Å². The summed E-state index contributed by atoms with van der Waals surface area (Å²) >= 11 is 7.56. The second-order valence-corrected chi connectivity index (χ2v) is 7.99. The van der Waals surface area contributed by atoms with Gasteiger partial charge in [-0.2, -0.15) is 0 Å². The third kappa shape index (κ3) is 11.8. The molecule has 0 aliphatic rings. The molecular formula is C16H33S2. The van der Waals surface area contributed by atoms with Gasteiger partial charge in [-0.1, -0.05) is 72.4 Å². The minimum Gasteiger partial charge on any atom is -0.147 e. The third-order valence-corrected chi connectivity index (χ3v) is 5.36. The van der Waals surface area contributed by atoms with Crippen LogP contribution in [0.15, 0.2) is 0 Å². The van der Waals surface area contributed by atoms with Gasteiger partial charge in [0.05, 0.1) is 4.58 Å². The van der Waals surface area contributed by atoms with E-state index in [4.69, 9.17) is 12.6 Å². The van der Waals surface area contributed by atoms with Crippen molar-refractivity contribution in [1.82, 2.24) is 0 Å². The average molecular weight is 290 g/mol. The van der Waals surface area contributed by atoms with Gasteiger partial charge in [-0.15, -0.1) is 11.8 Å². The van der Waals surface area contributed by atoms with E-state index in [1.807, 2.05) is 11.8 Å². The molecule has 0 fully saturated rings. The van der Waals surface area contributed by atoms with E-state index in [0.29, 0.717) is 4.58 Å². The Morgan fingerprint density at radius 3 is 2.11 bits per heavy atom. The molecule has 109 valence electrons. The van der Waals surface area contributed by atoms with Gasteiger partial charge in [0, 0.05) is 0 Å². The molecule has 0 N–H and O–H groups in total. The van der Waals surface area contributed by atoms with E-state index in [2.05, 4.69) is 27.7 Å². The smallest absolute Gasteiger partial charge is 0.0606 e. The largest absolute Gasteiger partial charge is 0.147 e. The molecular weight excluding hydrogens is 256 g/mol. The number of hydrogen-bond donors (Lipinski definition) is 0. The molecule has 0 bridgehead atoms. The standard InChI is InChI=1S/C16H33S2/c1-5-7-9-15(4)12-13-18-16(17)11-10-14(3)8-6-2/h14-16H,5-13H2,1-4H3. The van der Waals surface area contributed by atoms with Crippen molar-refractivity contribution in [2.75, 3.05) is 5.75 Å². The molecule has 0 heterocycles. The molecule has 0 rings (SSSR count). The van der Waals surface area contributed by atoms with Gasteiger partial charge in [0.25, 0.3) is 0 Å². The van der Waals surface area contributed by atoms with Crippen LogP contribution in [0.4, 0.5) is 0 Å². The molecule has 0 saturated carbocycles. The summed E-state index contributed by atoms with van der Waals surface area (Å²) in [4.78, 5) is 0. The Bertz CT molecular complexity index is 170. The van der Waals surface area contributed by atoms with Crippen LogP contribution in [0.5, 0.6) is 0 Å². The lowest BCUT2D eigenvalue weighted by atomic mass is 10.0. The maximum Gasteiger partial charge on any atom is 0.0606 e. The van der Waals surface area contributed by atoms with Crippen LogP contribution in [-0.2, 0) is 0 Å². The van der Waals surface area contributed by atoms with Crippen LogP contribution in [0.1, 0.15) is 79.1 Å². The van der Waals surface area contributed by atoms with E-state index < -0.39 is 0 Å². The first-order valence-corrected chi connectivity index (χ1v) is 9.39. The molecule has 0 aromatic heterocycles. The fraction of sp³-hybridized carbons (Fsp3) is 1.00. The third-order valence-electron chi connectivity index (χ3n) is 3.64. The predicted molar refractivity (Wildman–Crippen MR) is 90.4 cm³/mol. The Morgan fingerprint density at radius 2 is 1.50 bits per heavy atom. The van der Waals surface area contributed by atoms with Crippen molar-refractivity contribution in [3.05, 3.63) is 0 Å². The molecule has 0 amide bonds. The van der Waals surface area contributed by atoms with Crippen molar-refractivity contribution in [2.45, 2.75) is 83.6 Å². The fourth-order valence-corrected chi connectivity index (χ4v) is 3.77. The lowest BCUT2D eigenvalue weighted by Crippen LogP contribution is -2.02. The summed E-state index contributed by atoms with van der Waals surface area (Å²) in [6, 6.07) is 0. The minimum atomic E-state index is 0.447. The van der Waals surface area contributed by atoms with Crippen LogP contribution < -0.4 is 0 Å². The van der Waals surface area contributed by atoms with Gasteiger partial charge in [0.15, 0.2) is 0 Å². The Hall–Kier alpha value is 0.700. The topological polar surface area (TPSA) is 0 Å². The molecule has 2 heteroatoms. The van der Waals surface area contributed by atoms with Gasteiger partial charge in [-0.25, -0.2) is 0 Å². The molecule has 0 spiro atoms. The van der Waals surface area contributed by atoms with Crippen molar-refractivity contribution >= 4 is 24.4 Å². The van der Waals surface area contributed by atoms with Crippen LogP contribution in [0.3, 0.4) is 0 Å². The van der Waals surface area contributed by atoms with Gasteiger partial charge in [0.2, 0.25) is 0 Å². The zero-order chi connectivity index (χ0) is 13.8. The lowest BCUT2D eigenvalue weighted by molar-refractivity contribution is 0.478. The molecule has 0 aromatic carbocycles. The van der Waals surface area contributed by atoms with Gasteiger partial charge >= 0.3 is 0 Å². The molecule has 0 aromatic rings. The second kappa shape index (κ2) is 12.7. The highest BCUT2D eigenvalue weighted by Gasteiger charge is 2.09. The predicted octanol–water partition coefficient (Wildman–Crippen LogP) is 6.68. The first-order valence-electron chi connectivity index (χ1n) is 7.87. The van der Waals surface area contributed by atoms with Gasteiger partial charge in [-0.3, -0.25) is 0 Å². The van der Waals surface area contributed by atoms with E-state index in [1.165, 1.54) is 57.1 Å². The maximum atomic E-state index is 5.54. The maximum absolute atomic E-state index is 5.54. The Kier molecular flexibility index (Phi) is 13.2. The van der Waals surface area contributed by atoms with Crippen molar-refractivity contribution in [2.24, 2.45) is 11.8 Å². The normalized spacial score (nSPS) is 16.5. The quantitative estimate of drug-likeness (QED) is 0.386. The number of rotatable bonds is 12. The van der Waals surface area contributed by atoms with E-state index in [0.717, 1.165) is 11.8 Å². The molecule has 3 atom stereocenters. The van der Waals surface area contributed by atoms with Gasteiger partial charge in [0.1, 0.15) is 0 Å². The summed E-state index contributed by atoms with van der Waals surface area (Å²) in [6.45, 7) is 9.30. The van der Waals surface area contributed by atoms with E-state index in [-0.39, 0.29) is 0 Å². The highest BCUT2D eigenvalue weighted by Crippen LogP contribution is 2.26. The highest BCUT2D eigenvalue weighted by atomic mass is 32.2. The molecule has 0 aliphatic carbocycles. The summed E-state index contributed by atoms with van der Waals surface area (Å²) in [5.41, 5.74) is 0. The first kappa shape index (κ1) is 18.7. The number of unbranched alkanes of at least 4 members (excludes halogenated alkanes) is 1. The van der Waals surface area contributed by atoms with E-state index in [1.54, 1.807) is 0 Å². The number of thioether (sulfide) groups is 1. The Morgan fingerprint density at radius 1 is 0.833 bits per heavy atom. The monoisotopic (exact) mass is 289 g/mol. The molecule has 0 saturated heterocycles. The minimum absolute atomic E-state index is 0.447. The number of hydrogen-bond acceptors (Lipinski definition) is 1. The van der Waals surface area contributed by atoms with Crippen LogP contribution in [0.25, 0.3) is 0 Å². The van der Waals surface area contributed by atoms with E-state index in [9.17, 15) is 0 Å². The summed E-state index contributed by atoms with van der Waals surface area (Å²) in [7, 11) is 0. The Labute approximate surface area is 125 Å². The zero-order valence-corrected chi connectivity index (χ0v) is 14.5. The first-order chi connectivity index (χ1) is 8.60. The summed E-state index contributed by atoms with van der Waals surface area (Å²) < 4.78 is 0.447. The zero-order valence-electron chi connectivity index (χ0n) is 12.9. The molecule has 0 aliphatic heterocycles. The highest BCUT2D eigenvalue weighted by molar-refractivity contribution is 8.10. The van der Waals surface area contributed by atoms with Crippen molar-refractivity contribution < 1.29 is 0 Å². The molecule has 18 heavy (non-hydrogen) atoms. The van der Waals surface area contributed by atoms with Crippen LogP contribution in [0.2, 0.25) is 0 Å². The van der Waals surface area contributed by atoms with Gasteiger partial charge in [-0.05, 0) is 36.9 Å². The summed E-state index contributed by atoms with van der Waals surface area (Å²) in [6.07, 6.45) is 10.7. The van der Waals surface area contributed by atoms with Crippen LogP contribution >= 0.6 is 24.4 Å². The van der Waals surface area contributed by atoms with Crippen LogP contribution in [0, 0.1) is 11.8 Å². The average Bonchev–Trinajstić information content (AvgIpc) is 2.34. The Balaban J connectivity index is 3.43. The van der Waals surface area contributed by atoms with Crippen LogP contribution in [-0.4, -0.2) is 10.3 Å². The van der Waals surface area contributed by atoms with Gasteiger partial charge < -0.3 is 0 Å². The fourth-order valence-electron chi connectivity index (χ4n) is 2.24. The van der Waals surface area contributed by atoms with Crippen molar-refractivity contribution in [1.29, 1.82) is 0 Å².